The average molecular weight is 611 g/mol. The van der Waals surface area contributed by atoms with Gasteiger partial charge in [0.15, 0.2) is 0 Å². The summed E-state index contributed by atoms with van der Waals surface area (Å²) < 4.78 is 246. The van der Waals surface area contributed by atoms with E-state index in [0.717, 1.165) is 13.0 Å². The number of hydrogen-bond acceptors (Lipinski definition) is 4. The fourth-order valence-corrected chi connectivity index (χ4v) is 2.69. The molecule has 220 valence electrons. The minimum atomic E-state index is -8.95. The molecule has 0 bridgehead atoms. The van der Waals surface area contributed by atoms with E-state index in [-0.39, 0.29) is 11.3 Å². The highest BCUT2D eigenvalue weighted by atomic mass is 32.2. The SMILES string of the molecule is CCC=C(C)C(=O)ONS(=O)(=O)C(F)(F)C(F)(F)C(F)(F)C(F)(F)C(F)(F)C(F)(F)C(F)(F)C(F)(F)F. The van der Waals surface area contributed by atoms with Crippen LogP contribution < -0.4 is 4.89 Å². The van der Waals surface area contributed by atoms with E-state index in [1.807, 2.05) is 0 Å². The van der Waals surface area contributed by atoms with Gasteiger partial charge in [-0.1, -0.05) is 13.0 Å². The quantitative estimate of drug-likeness (QED) is 0.185. The second-order valence-corrected chi connectivity index (χ2v) is 8.42. The molecule has 0 rings (SSSR count). The molecule has 0 heterocycles. The van der Waals surface area contributed by atoms with Gasteiger partial charge in [-0.2, -0.15) is 74.6 Å². The second-order valence-electron chi connectivity index (χ2n) is 6.73. The van der Waals surface area contributed by atoms with Gasteiger partial charge in [0.05, 0.1) is 0 Å². The molecule has 0 atom stereocenters. The molecule has 5 nitrogen and oxygen atoms in total. The van der Waals surface area contributed by atoms with Gasteiger partial charge in [0.2, 0.25) is 0 Å². The molecule has 1 N–H and O–H groups in total. The van der Waals surface area contributed by atoms with Gasteiger partial charge in [-0.15, -0.1) is 0 Å². The molecule has 0 aromatic heterocycles. The molecule has 0 aliphatic heterocycles. The predicted molar refractivity (Wildman–Crippen MR) is 82.9 cm³/mol. The van der Waals surface area contributed by atoms with Crippen LogP contribution in [-0.4, -0.2) is 61.4 Å². The van der Waals surface area contributed by atoms with Crippen LogP contribution in [0.1, 0.15) is 20.3 Å². The van der Waals surface area contributed by atoms with E-state index < -0.39 is 68.5 Å². The smallest absolute Gasteiger partial charge is 0.351 e. The maximum Gasteiger partial charge on any atom is 0.460 e. The molecule has 0 amide bonds. The van der Waals surface area contributed by atoms with Gasteiger partial charge < -0.3 is 4.84 Å². The molecule has 0 fully saturated rings. The number of alkyl halides is 17. The number of nitrogens with one attached hydrogen (secondary N) is 1. The van der Waals surface area contributed by atoms with Crippen LogP contribution in [-0.2, 0) is 19.7 Å². The zero-order chi connectivity index (χ0) is 30.5. The lowest BCUT2D eigenvalue weighted by atomic mass is 9.91. The highest BCUT2D eigenvalue weighted by Crippen LogP contribution is 2.64. The van der Waals surface area contributed by atoms with Crippen molar-refractivity contribution in [1.82, 2.24) is 4.89 Å². The second kappa shape index (κ2) is 9.59. The van der Waals surface area contributed by atoms with Gasteiger partial charge in [-0.3, -0.25) is 0 Å². The van der Waals surface area contributed by atoms with Crippen LogP contribution in [0.15, 0.2) is 11.6 Å². The number of carbonyl (C=O) groups excluding carboxylic acids is 1. The lowest BCUT2D eigenvalue weighted by Gasteiger charge is -2.42. The Morgan fingerprint density at radius 2 is 1.00 bits per heavy atom. The van der Waals surface area contributed by atoms with Crippen molar-refractivity contribution in [2.24, 2.45) is 0 Å². The largest absolute Gasteiger partial charge is 0.460 e. The Bertz CT molecular complexity index is 1000. The summed E-state index contributed by atoms with van der Waals surface area (Å²) in [5, 5.41) is -7.83. The van der Waals surface area contributed by atoms with E-state index in [1.54, 1.807) is 0 Å². The van der Waals surface area contributed by atoms with E-state index in [1.165, 1.54) is 6.92 Å². The molecule has 37 heavy (non-hydrogen) atoms. The van der Waals surface area contributed by atoms with Crippen molar-refractivity contribution in [3.05, 3.63) is 11.6 Å². The van der Waals surface area contributed by atoms with Crippen molar-refractivity contribution in [3.63, 3.8) is 0 Å². The molecule has 0 aliphatic rings. The number of carbonyl (C=O) groups is 1. The van der Waals surface area contributed by atoms with E-state index in [0.29, 0.717) is 0 Å². The zero-order valence-corrected chi connectivity index (χ0v) is 18.1. The topological polar surface area (TPSA) is 72.5 Å². The highest BCUT2D eigenvalue weighted by molar-refractivity contribution is 7.90. The van der Waals surface area contributed by atoms with Crippen LogP contribution in [0.2, 0.25) is 0 Å². The molecule has 0 saturated carbocycles. The van der Waals surface area contributed by atoms with Crippen LogP contribution >= 0.6 is 0 Å². The summed E-state index contributed by atoms with van der Waals surface area (Å²) in [6, 6.07) is 0. The van der Waals surface area contributed by atoms with Crippen molar-refractivity contribution in [2.45, 2.75) is 67.2 Å². The fourth-order valence-electron chi connectivity index (χ4n) is 1.93. The van der Waals surface area contributed by atoms with Crippen molar-refractivity contribution in [2.75, 3.05) is 0 Å². The van der Waals surface area contributed by atoms with Crippen LogP contribution in [0.3, 0.4) is 0 Å². The molecule has 0 aromatic rings. The molecular formula is C14H10F17NO4S. The van der Waals surface area contributed by atoms with E-state index in [9.17, 15) is 87.8 Å². The number of allylic oxidation sites excluding steroid dienone is 1. The Labute approximate surface area is 193 Å². The maximum absolute atomic E-state index is 13.7. The van der Waals surface area contributed by atoms with Gasteiger partial charge in [0.1, 0.15) is 0 Å². The minimum Gasteiger partial charge on any atom is -0.351 e. The van der Waals surface area contributed by atoms with Crippen LogP contribution in [0.25, 0.3) is 0 Å². The summed E-state index contributed by atoms with van der Waals surface area (Å²) >= 11 is 0. The van der Waals surface area contributed by atoms with Crippen molar-refractivity contribution in [3.8, 4) is 0 Å². The Hall–Kier alpha value is -2.07. The Morgan fingerprint density at radius 1 is 0.676 bits per heavy atom. The third-order valence-electron chi connectivity index (χ3n) is 4.11. The molecule has 0 spiro atoms. The van der Waals surface area contributed by atoms with Crippen molar-refractivity contribution >= 4 is 16.0 Å². The molecule has 0 unspecified atom stereocenters. The number of halogens is 17. The summed E-state index contributed by atoms with van der Waals surface area (Å²) in [6.07, 6.45) is -7.11. The van der Waals surface area contributed by atoms with Crippen LogP contribution in [0, 0.1) is 0 Å². The highest BCUT2D eigenvalue weighted by Gasteiger charge is 2.96. The monoisotopic (exact) mass is 611 g/mol. The summed E-state index contributed by atoms with van der Waals surface area (Å²) in [5.41, 5.74) is -0.676. The van der Waals surface area contributed by atoms with E-state index in [4.69, 9.17) is 0 Å². The first-order chi connectivity index (χ1) is 15.9. The Balaban J connectivity index is 6.71. The van der Waals surface area contributed by atoms with Gasteiger partial charge in [-0.25, -0.2) is 13.2 Å². The van der Waals surface area contributed by atoms with Crippen molar-refractivity contribution < 1.29 is 92.7 Å². The number of rotatable bonds is 11. The third-order valence-corrected chi connectivity index (χ3v) is 5.34. The lowest BCUT2D eigenvalue weighted by Crippen LogP contribution is -2.75. The fraction of sp³-hybridized carbons (Fsp3) is 0.786. The molecule has 0 radical (unpaired) electrons. The van der Waals surface area contributed by atoms with Crippen LogP contribution in [0.4, 0.5) is 74.6 Å². The maximum atomic E-state index is 13.7. The van der Waals surface area contributed by atoms with Gasteiger partial charge in [0, 0.05) is 5.57 Å². The summed E-state index contributed by atoms with van der Waals surface area (Å²) in [6.45, 7) is 2.07. The standard InChI is InChI=1S/C14H10F17NO4S/c1-3-4-5(2)6(33)36-32-37(34,35)14(30,31)12(25,26)10(21,22)8(17,18)7(15,16)9(19,20)11(23,24)13(27,28)29/h4,32H,3H2,1-2H3. The molecule has 23 heteroatoms. The van der Waals surface area contributed by atoms with Gasteiger partial charge in [-0.05, 0) is 18.2 Å². The zero-order valence-electron chi connectivity index (χ0n) is 17.3. The van der Waals surface area contributed by atoms with E-state index >= 15 is 0 Å². The average Bonchev–Trinajstić information content (AvgIpc) is 2.70. The normalized spacial score (nSPS) is 16.1. The predicted octanol–water partition coefficient (Wildman–Crippen LogP) is 5.69. The van der Waals surface area contributed by atoms with Crippen LogP contribution in [0.5, 0.6) is 0 Å². The molecular weight excluding hydrogens is 601 g/mol. The molecule has 0 aliphatic carbocycles. The lowest BCUT2D eigenvalue weighted by molar-refractivity contribution is -0.458. The molecule has 0 aromatic carbocycles. The number of sulfonamides is 1. The first kappa shape index (κ1) is 34.9. The summed E-state index contributed by atoms with van der Waals surface area (Å²) in [5.74, 6) is -54.3. The minimum absolute atomic E-state index is 0.0462. The van der Waals surface area contributed by atoms with Crippen molar-refractivity contribution in [1.29, 1.82) is 0 Å². The Morgan fingerprint density at radius 3 is 1.32 bits per heavy atom. The third kappa shape index (κ3) is 5.03. The first-order valence-electron chi connectivity index (χ1n) is 8.47. The Kier molecular flexibility index (Phi) is 9.06. The number of hydrogen-bond donors (Lipinski definition) is 1. The van der Waals surface area contributed by atoms with E-state index in [2.05, 4.69) is 4.84 Å². The first-order valence-corrected chi connectivity index (χ1v) is 9.95. The summed E-state index contributed by atoms with van der Waals surface area (Å²) in [4.78, 5) is 14.3. The van der Waals surface area contributed by atoms with Gasteiger partial charge in [0.25, 0.3) is 0 Å². The van der Waals surface area contributed by atoms with Gasteiger partial charge >= 0.3 is 63.0 Å². The summed E-state index contributed by atoms with van der Waals surface area (Å²) in [7, 11) is -7.71. The molecule has 0 saturated heterocycles.